The SMILES string of the molecule is N[C@H](CF)c1ccc(Br)cc1Cl. The third-order valence-electron chi connectivity index (χ3n) is 1.53. The van der Waals surface area contributed by atoms with Gasteiger partial charge in [0, 0.05) is 9.50 Å². The lowest BCUT2D eigenvalue weighted by molar-refractivity contribution is 0.437. The van der Waals surface area contributed by atoms with Gasteiger partial charge in [0.05, 0.1) is 6.04 Å². The summed E-state index contributed by atoms with van der Waals surface area (Å²) in [6.07, 6.45) is 0. The van der Waals surface area contributed by atoms with Crippen LogP contribution in [0.1, 0.15) is 11.6 Å². The summed E-state index contributed by atoms with van der Waals surface area (Å²) in [7, 11) is 0. The fraction of sp³-hybridized carbons (Fsp3) is 0.250. The van der Waals surface area contributed by atoms with Crippen LogP contribution in [0.25, 0.3) is 0 Å². The van der Waals surface area contributed by atoms with Gasteiger partial charge < -0.3 is 5.73 Å². The van der Waals surface area contributed by atoms with Gasteiger partial charge >= 0.3 is 0 Å². The van der Waals surface area contributed by atoms with Gasteiger partial charge in [-0.1, -0.05) is 33.6 Å². The zero-order valence-corrected chi connectivity index (χ0v) is 8.57. The Bertz CT molecular complexity index is 280. The number of hydrogen-bond donors (Lipinski definition) is 1. The van der Waals surface area contributed by atoms with Crippen LogP contribution in [-0.4, -0.2) is 6.67 Å². The highest BCUT2D eigenvalue weighted by atomic mass is 79.9. The first-order valence-corrected chi connectivity index (χ1v) is 4.58. The number of alkyl halides is 1. The molecule has 0 aliphatic carbocycles. The molecule has 0 amide bonds. The summed E-state index contributed by atoms with van der Waals surface area (Å²) in [6, 6.07) is 4.59. The third kappa shape index (κ3) is 2.19. The number of rotatable bonds is 2. The highest BCUT2D eigenvalue weighted by Crippen LogP contribution is 2.25. The maximum atomic E-state index is 12.2. The van der Waals surface area contributed by atoms with Gasteiger partial charge in [0.2, 0.25) is 0 Å². The molecule has 1 aromatic rings. The Kier molecular flexibility index (Phi) is 3.50. The third-order valence-corrected chi connectivity index (χ3v) is 2.35. The van der Waals surface area contributed by atoms with Crippen LogP contribution in [0.3, 0.4) is 0 Å². The average Bonchev–Trinajstić information content (AvgIpc) is 2.03. The summed E-state index contributed by atoms with van der Waals surface area (Å²) >= 11 is 9.07. The minimum absolute atomic E-state index is 0.495. The lowest BCUT2D eigenvalue weighted by Crippen LogP contribution is -2.12. The first-order valence-electron chi connectivity index (χ1n) is 3.41. The van der Waals surface area contributed by atoms with Crippen molar-refractivity contribution in [1.29, 1.82) is 0 Å². The van der Waals surface area contributed by atoms with Crippen molar-refractivity contribution in [2.24, 2.45) is 5.73 Å². The van der Waals surface area contributed by atoms with Crippen LogP contribution in [0.15, 0.2) is 22.7 Å². The van der Waals surface area contributed by atoms with Crippen LogP contribution >= 0.6 is 27.5 Å². The van der Waals surface area contributed by atoms with Crippen LogP contribution in [0.2, 0.25) is 5.02 Å². The molecule has 1 rings (SSSR count). The molecule has 1 nitrogen and oxygen atoms in total. The summed E-state index contributed by atoms with van der Waals surface area (Å²) in [5.41, 5.74) is 6.11. The number of benzene rings is 1. The molecule has 0 aromatic heterocycles. The van der Waals surface area contributed by atoms with E-state index in [1.807, 2.05) is 0 Å². The molecule has 0 bridgehead atoms. The molecule has 1 atom stereocenters. The van der Waals surface area contributed by atoms with Crippen molar-refractivity contribution < 1.29 is 4.39 Å². The van der Waals surface area contributed by atoms with E-state index in [1.165, 1.54) is 0 Å². The fourth-order valence-electron chi connectivity index (χ4n) is 0.885. The molecule has 66 valence electrons. The van der Waals surface area contributed by atoms with Gasteiger partial charge in [-0.25, -0.2) is 4.39 Å². The van der Waals surface area contributed by atoms with Gasteiger partial charge in [-0.15, -0.1) is 0 Å². The molecule has 0 fully saturated rings. The molecule has 2 N–H and O–H groups in total. The normalized spacial score (nSPS) is 13.0. The molecule has 0 radical (unpaired) electrons. The Morgan fingerprint density at radius 1 is 1.58 bits per heavy atom. The maximum Gasteiger partial charge on any atom is 0.109 e. The second-order valence-electron chi connectivity index (χ2n) is 2.43. The smallest absolute Gasteiger partial charge is 0.109 e. The van der Waals surface area contributed by atoms with Crippen LogP contribution in [-0.2, 0) is 0 Å². The van der Waals surface area contributed by atoms with Gasteiger partial charge in [-0.3, -0.25) is 0 Å². The van der Waals surface area contributed by atoms with Gasteiger partial charge in [0.15, 0.2) is 0 Å². The molecule has 0 saturated heterocycles. The van der Waals surface area contributed by atoms with Crippen LogP contribution in [0.5, 0.6) is 0 Å². The van der Waals surface area contributed by atoms with Gasteiger partial charge in [-0.2, -0.15) is 0 Å². The highest BCUT2D eigenvalue weighted by molar-refractivity contribution is 9.10. The minimum atomic E-state index is -0.620. The van der Waals surface area contributed by atoms with E-state index in [0.29, 0.717) is 10.6 Å². The van der Waals surface area contributed by atoms with Crippen molar-refractivity contribution in [3.8, 4) is 0 Å². The molecule has 0 aliphatic rings. The Labute approximate surface area is 83.8 Å². The van der Waals surface area contributed by atoms with Crippen molar-refractivity contribution in [3.63, 3.8) is 0 Å². The number of hydrogen-bond acceptors (Lipinski definition) is 1. The second-order valence-corrected chi connectivity index (χ2v) is 3.75. The molecule has 0 saturated carbocycles. The van der Waals surface area contributed by atoms with E-state index in [-0.39, 0.29) is 0 Å². The zero-order valence-electron chi connectivity index (χ0n) is 6.23. The molecule has 0 aliphatic heterocycles. The highest BCUT2D eigenvalue weighted by Gasteiger charge is 2.09. The van der Waals surface area contributed by atoms with Gasteiger partial charge in [-0.05, 0) is 17.7 Å². The molecular formula is C8H8BrClFN. The molecular weight excluding hydrogens is 244 g/mol. The fourth-order valence-corrected chi connectivity index (χ4v) is 1.70. The Morgan fingerprint density at radius 2 is 2.25 bits per heavy atom. The van der Waals surface area contributed by atoms with Crippen molar-refractivity contribution in [1.82, 2.24) is 0 Å². The van der Waals surface area contributed by atoms with Gasteiger partial charge in [0.1, 0.15) is 6.67 Å². The predicted octanol–water partition coefficient (Wildman–Crippen LogP) is 3.07. The number of nitrogens with two attached hydrogens (primary N) is 1. The largest absolute Gasteiger partial charge is 0.322 e. The van der Waals surface area contributed by atoms with E-state index in [4.69, 9.17) is 17.3 Å². The Balaban J connectivity index is 3.01. The monoisotopic (exact) mass is 251 g/mol. The van der Waals surface area contributed by atoms with Crippen molar-refractivity contribution in [2.45, 2.75) is 6.04 Å². The van der Waals surface area contributed by atoms with E-state index in [9.17, 15) is 4.39 Å². The molecule has 0 spiro atoms. The first kappa shape index (κ1) is 9.96. The quantitative estimate of drug-likeness (QED) is 0.860. The van der Waals surface area contributed by atoms with E-state index in [2.05, 4.69) is 15.9 Å². The lowest BCUT2D eigenvalue weighted by Gasteiger charge is -2.09. The molecule has 4 heteroatoms. The van der Waals surface area contributed by atoms with E-state index in [1.54, 1.807) is 18.2 Å². The second kappa shape index (κ2) is 4.21. The topological polar surface area (TPSA) is 26.0 Å². The summed E-state index contributed by atoms with van der Waals surface area (Å²) in [5, 5.41) is 0.495. The lowest BCUT2D eigenvalue weighted by atomic mass is 10.1. The maximum absolute atomic E-state index is 12.2. The van der Waals surface area contributed by atoms with Crippen molar-refractivity contribution in [2.75, 3.05) is 6.67 Å². The van der Waals surface area contributed by atoms with E-state index < -0.39 is 12.7 Å². The minimum Gasteiger partial charge on any atom is -0.322 e. The predicted molar refractivity (Wildman–Crippen MR) is 52.1 cm³/mol. The molecule has 0 unspecified atom stereocenters. The van der Waals surface area contributed by atoms with Crippen LogP contribution < -0.4 is 5.73 Å². The summed E-state index contributed by atoms with van der Waals surface area (Å²) in [4.78, 5) is 0. The van der Waals surface area contributed by atoms with Crippen LogP contribution in [0, 0.1) is 0 Å². The summed E-state index contributed by atoms with van der Waals surface area (Å²) < 4.78 is 13.0. The van der Waals surface area contributed by atoms with Crippen LogP contribution in [0.4, 0.5) is 4.39 Å². The molecule has 0 heterocycles. The first-order chi connectivity index (χ1) is 5.65. The standard InChI is InChI=1S/C8H8BrClFN/c9-5-1-2-6(7(10)3-5)8(12)4-11/h1-3,8H,4,12H2/t8-/m1/s1. The van der Waals surface area contributed by atoms with E-state index in [0.717, 1.165) is 4.47 Å². The number of halogens is 3. The Morgan fingerprint density at radius 3 is 2.75 bits per heavy atom. The molecule has 12 heavy (non-hydrogen) atoms. The van der Waals surface area contributed by atoms with E-state index >= 15 is 0 Å². The van der Waals surface area contributed by atoms with Crippen molar-refractivity contribution >= 4 is 27.5 Å². The summed E-state index contributed by atoms with van der Waals surface area (Å²) in [6.45, 7) is -0.596. The molecule has 1 aromatic carbocycles. The Hall–Kier alpha value is -0.120. The average molecular weight is 253 g/mol. The summed E-state index contributed by atoms with van der Waals surface area (Å²) in [5.74, 6) is 0. The zero-order chi connectivity index (χ0) is 9.14. The van der Waals surface area contributed by atoms with Gasteiger partial charge in [0.25, 0.3) is 0 Å². The van der Waals surface area contributed by atoms with Crippen molar-refractivity contribution in [3.05, 3.63) is 33.3 Å².